The lowest BCUT2D eigenvalue weighted by Gasteiger charge is -2.34. The van der Waals surface area contributed by atoms with Crippen LogP contribution in [0.1, 0.15) is 29.7 Å². The number of hydrogen-bond donors (Lipinski definition) is 0. The highest BCUT2D eigenvalue weighted by molar-refractivity contribution is 7.92. The van der Waals surface area contributed by atoms with Gasteiger partial charge >= 0.3 is 0 Å². The predicted octanol–water partition coefficient (Wildman–Crippen LogP) is 2.48. The molecule has 0 atom stereocenters. The average Bonchev–Trinajstić information content (AvgIpc) is 2.73. The molecule has 1 aliphatic carbocycles. The van der Waals surface area contributed by atoms with Gasteiger partial charge in [0.25, 0.3) is 0 Å². The summed E-state index contributed by atoms with van der Waals surface area (Å²) in [6.07, 6.45) is 6.13. The maximum atomic E-state index is 12.6. The predicted molar refractivity (Wildman–Crippen MR) is 107 cm³/mol. The van der Waals surface area contributed by atoms with E-state index in [-0.39, 0.29) is 0 Å². The molecule has 27 heavy (non-hydrogen) atoms. The Balaban J connectivity index is 1.40. The monoisotopic (exact) mass is 384 g/mol. The quantitative estimate of drug-likeness (QED) is 0.810. The number of piperazine rings is 1. The Morgan fingerprint density at radius 2 is 1.67 bits per heavy atom. The lowest BCUT2D eigenvalue weighted by molar-refractivity contribution is 0.388. The molecular weight excluding hydrogens is 360 g/mol. The zero-order valence-electron chi connectivity index (χ0n) is 15.3. The van der Waals surface area contributed by atoms with Crippen LogP contribution in [-0.2, 0) is 22.9 Å². The Kier molecular flexibility index (Phi) is 5.22. The molecule has 0 spiro atoms. The summed E-state index contributed by atoms with van der Waals surface area (Å²) in [4.78, 5) is 2.13. The standard InChI is InChI=1S/C20H24N4O2S/c25-27(26,15-10-17-6-2-1-3-7-17)24-13-11-23(12-14-24)20-16-18-8-4-5-9-19(18)21-22-20/h1-3,6-7,10,15-16H,4-5,8-9,11-14H2/b15-10+. The van der Waals surface area contributed by atoms with Crippen molar-refractivity contribution in [3.8, 4) is 0 Å². The van der Waals surface area contributed by atoms with Gasteiger partial charge in [0.05, 0.1) is 5.69 Å². The molecular formula is C20H24N4O2S. The van der Waals surface area contributed by atoms with E-state index in [0.29, 0.717) is 26.2 Å². The van der Waals surface area contributed by atoms with E-state index in [9.17, 15) is 8.42 Å². The van der Waals surface area contributed by atoms with Gasteiger partial charge in [-0.2, -0.15) is 9.40 Å². The van der Waals surface area contributed by atoms with Gasteiger partial charge < -0.3 is 4.90 Å². The van der Waals surface area contributed by atoms with Crippen molar-refractivity contribution in [3.63, 3.8) is 0 Å². The van der Waals surface area contributed by atoms with Crippen molar-refractivity contribution in [1.82, 2.24) is 14.5 Å². The lowest BCUT2D eigenvalue weighted by Crippen LogP contribution is -2.48. The Bertz CT molecular complexity index is 920. The minimum Gasteiger partial charge on any atom is -0.352 e. The van der Waals surface area contributed by atoms with Crippen molar-refractivity contribution in [2.24, 2.45) is 0 Å². The largest absolute Gasteiger partial charge is 0.352 e. The third-order valence-corrected chi connectivity index (χ3v) is 6.78. The molecule has 0 N–H and O–H groups in total. The van der Waals surface area contributed by atoms with Gasteiger partial charge in [-0.1, -0.05) is 30.3 Å². The zero-order chi connectivity index (χ0) is 18.7. The Labute approximate surface area is 160 Å². The van der Waals surface area contributed by atoms with Crippen LogP contribution in [0.2, 0.25) is 0 Å². The van der Waals surface area contributed by atoms with Gasteiger partial charge in [-0.15, -0.1) is 5.10 Å². The number of aryl methyl sites for hydroxylation is 2. The summed E-state index contributed by atoms with van der Waals surface area (Å²) in [5, 5.41) is 10.1. The maximum absolute atomic E-state index is 12.6. The Morgan fingerprint density at radius 1 is 0.926 bits per heavy atom. The molecule has 1 saturated heterocycles. The van der Waals surface area contributed by atoms with Crippen molar-refractivity contribution < 1.29 is 8.42 Å². The van der Waals surface area contributed by atoms with Crippen LogP contribution in [0, 0.1) is 0 Å². The van der Waals surface area contributed by atoms with Crippen LogP contribution in [0.25, 0.3) is 6.08 Å². The van der Waals surface area contributed by atoms with Crippen molar-refractivity contribution in [2.75, 3.05) is 31.1 Å². The summed E-state index contributed by atoms with van der Waals surface area (Å²) in [6, 6.07) is 11.6. The van der Waals surface area contributed by atoms with Crippen LogP contribution in [-0.4, -0.2) is 49.1 Å². The van der Waals surface area contributed by atoms with Gasteiger partial charge in [0.1, 0.15) is 0 Å². The SMILES string of the molecule is O=S(=O)(/C=C/c1ccccc1)N1CCN(c2cc3c(nn2)CCCC3)CC1. The molecule has 0 radical (unpaired) electrons. The first-order chi connectivity index (χ1) is 13.1. The summed E-state index contributed by atoms with van der Waals surface area (Å²) in [6.45, 7) is 2.18. The maximum Gasteiger partial charge on any atom is 0.236 e. The minimum absolute atomic E-state index is 0.459. The van der Waals surface area contributed by atoms with E-state index in [1.807, 2.05) is 30.3 Å². The molecule has 7 heteroatoms. The van der Waals surface area contributed by atoms with Gasteiger partial charge in [0.2, 0.25) is 10.0 Å². The fourth-order valence-electron chi connectivity index (χ4n) is 3.62. The van der Waals surface area contributed by atoms with Gasteiger partial charge in [-0.25, -0.2) is 8.42 Å². The van der Waals surface area contributed by atoms with E-state index in [4.69, 9.17) is 0 Å². The van der Waals surface area contributed by atoms with Gasteiger partial charge in [0, 0.05) is 31.6 Å². The molecule has 4 rings (SSSR count). The first-order valence-electron chi connectivity index (χ1n) is 9.45. The molecule has 1 aromatic heterocycles. The molecule has 2 heterocycles. The molecule has 0 bridgehead atoms. The van der Waals surface area contributed by atoms with E-state index < -0.39 is 10.0 Å². The number of anilines is 1. The molecule has 1 fully saturated rings. The molecule has 0 unspecified atom stereocenters. The summed E-state index contributed by atoms with van der Waals surface area (Å²) >= 11 is 0. The smallest absolute Gasteiger partial charge is 0.236 e. The summed E-state index contributed by atoms with van der Waals surface area (Å²) < 4.78 is 26.7. The van der Waals surface area contributed by atoms with Crippen molar-refractivity contribution >= 4 is 21.9 Å². The average molecular weight is 385 g/mol. The first kappa shape index (κ1) is 18.1. The highest BCUT2D eigenvalue weighted by Crippen LogP contribution is 2.23. The Morgan fingerprint density at radius 3 is 2.44 bits per heavy atom. The first-order valence-corrected chi connectivity index (χ1v) is 11.0. The molecule has 1 aromatic carbocycles. The van der Waals surface area contributed by atoms with Crippen molar-refractivity contribution in [3.05, 3.63) is 58.6 Å². The van der Waals surface area contributed by atoms with E-state index in [1.54, 1.807) is 6.08 Å². The molecule has 2 aromatic rings. The highest BCUT2D eigenvalue weighted by Gasteiger charge is 2.26. The normalized spacial score (nSPS) is 18.6. The zero-order valence-corrected chi connectivity index (χ0v) is 16.1. The van der Waals surface area contributed by atoms with Gasteiger partial charge in [0.15, 0.2) is 5.82 Å². The number of benzene rings is 1. The molecule has 0 saturated carbocycles. The number of aromatic nitrogens is 2. The van der Waals surface area contributed by atoms with Crippen molar-refractivity contribution in [1.29, 1.82) is 0 Å². The third-order valence-electron chi connectivity index (χ3n) is 5.21. The number of nitrogens with zero attached hydrogens (tertiary/aromatic N) is 4. The molecule has 1 aliphatic heterocycles. The summed E-state index contributed by atoms with van der Waals surface area (Å²) in [7, 11) is -3.41. The van der Waals surface area contributed by atoms with Crippen LogP contribution in [0.4, 0.5) is 5.82 Å². The second-order valence-corrected chi connectivity index (χ2v) is 8.84. The van der Waals surface area contributed by atoms with Gasteiger partial charge in [-0.3, -0.25) is 0 Å². The number of sulfonamides is 1. The molecule has 0 amide bonds. The van der Waals surface area contributed by atoms with Crippen LogP contribution in [0.15, 0.2) is 41.8 Å². The topological polar surface area (TPSA) is 66.4 Å². The molecule has 6 nitrogen and oxygen atoms in total. The summed E-state index contributed by atoms with van der Waals surface area (Å²) in [5.74, 6) is 0.868. The van der Waals surface area contributed by atoms with E-state index >= 15 is 0 Å². The minimum atomic E-state index is -3.41. The Hall–Kier alpha value is -2.25. The van der Waals surface area contributed by atoms with E-state index in [1.165, 1.54) is 28.1 Å². The highest BCUT2D eigenvalue weighted by atomic mass is 32.2. The third kappa shape index (κ3) is 4.20. The van der Waals surface area contributed by atoms with E-state index in [0.717, 1.165) is 29.9 Å². The van der Waals surface area contributed by atoms with Crippen LogP contribution in [0.5, 0.6) is 0 Å². The number of hydrogen-bond acceptors (Lipinski definition) is 5. The van der Waals surface area contributed by atoms with Gasteiger partial charge in [-0.05, 0) is 49.0 Å². The molecule has 2 aliphatic rings. The lowest BCUT2D eigenvalue weighted by atomic mass is 9.97. The summed E-state index contributed by atoms with van der Waals surface area (Å²) in [5.41, 5.74) is 3.30. The van der Waals surface area contributed by atoms with Crippen LogP contribution < -0.4 is 4.90 Å². The fourth-order valence-corrected chi connectivity index (χ4v) is 4.79. The fraction of sp³-hybridized carbons (Fsp3) is 0.400. The van der Waals surface area contributed by atoms with Crippen molar-refractivity contribution in [2.45, 2.75) is 25.7 Å². The number of rotatable bonds is 4. The second kappa shape index (κ2) is 7.78. The van der Waals surface area contributed by atoms with Crippen LogP contribution in [0.3, 0.4) is 0 Å². The van der Waals surface area contributed by atoms with E-state index in [2.05, 4.69) is 21.2 Å². The second-order valence-electron chi connectivity index (χ2n) is 7.03. The number of fused-ring (bicyclic) bond motifs is 1. The molecule has 142 valence electrons. The van der Waals surface area contributed by atoms with Crippen LogP contribution >= 0.6 is 0 Å².